The molecule has 0 fully saturated rings. The van der Waals surface area contributed by atoms with Gasteiger partial charge in [-0.1, -0.05) is 12.1 Å². The molecule has 0 spiro atoms. The van der Waals surface area contributed by atoms with Crippen molar-refractivity contribution < 1.29 is 14.6 Å². The van der Waals surface area contributed by atoms with Crippen LogP contribution in [0.1, 0.15) is 50.3 Å². The Morgan fingerprint density at radius 2 is 1.67 bits per heavy atom. The lowest BCUT2D eigenvalue weighted by atomic mass is 9.96. The minimum atomic E-state index is -0.480. The normalized spacial score (nSPS) is 13.2. The number of rotatable bonds is 2. The van der Waals surface area contributed by atoms with E-state index in [9.17, 15) is 9.90 Å². The second-order valence-electron chi connectivity index (χ2n) is 5.76. The molecule has 3 heteroatoms. The highest BCUT2D eigenvalue weighted by Crippen LogP contribution is 2.28. The van der Waals surface area contributed by atoms with Crippen molar-refractivity contribution in [2.75, 3.05) is 0 Å². The van der Waals surface area contributed by atoms with Gasteiger partial charge in [-0.2, -0.15) is 0 Å². The summed E-state index contributed by atoms with van der Waals surface area (Å²) in [6.45, 7) is 11.0. The molecule has 18 heavy (non-hydrogen) atoms. The molecule has 0 radical (unpaired) electrons. The lowest BCUT2D eigenvalue weighted by Gasteiger charge is -2.22. The molecule has 0 aromatic heterocycles. The molecule has 0 bridgehead atoms. The van der Waals surface area contributed by atoms with E-state index >= 15 is 0 Å². The van der Waals surface area contributed by atoms with Crippen molar-refractivity contribution in [3.63, 3.8) is 0 Å². The first-order valence-corrected chi connectivity index (χ1v) is 6.15. The average molecular weight is 250 g/mol. The van der Waals surface area contributed by atoms with Gasteiger partial charge in [0.05, 0.1) is 5.92 Å². The summed E-state index contributed by atoms with van der Waals surface area (Å²) in [6, 6.07) is 3.66. The molecule has 1 unspecified atom stereocenters. The van der Waals surface area contributed by atoms with Gasteiger partial charge in [0.25, 0.3) is 0 Å². The quantitative estimate of drug-likeness (QED) is 0.818. The smallest absolute Gasteiger partial charge is 0.313 e. The number of esters is 1. The van der Waals surface area contributed by atoms with Crippen LogP contribution < -0.4 is 0 Å². The van der Waals surface area contributed by atoms with E-state index in [0.29, 0.717) is 0 Å². The molecule has 0 saturated carbocycles. The van der Waals surface area contributed by atoms with Crippen LogP contribution in [-0.4, -0.2) is 16.7 Å². The zero-order valence-corrected chi connectivity index (χ0v) is 12.0. The van der Waals surface area contributed by atoms with E-state index in [2.05, 4.69) is 0 Å². The van der Waals surface area contributed by atoms with E-state index in [0.717, 1.165) is 16.7 Å². The Hall–Kier alpha value is -1.51. The third-order valence-electron chi connectivity index (χ3n) is 2.77. The van der Waals surface area contributed by atoms with E-state index < -0.39 is 5.60 Å². The van der Waals surface area contributed by atoms with Crippen LogP contribution in [-0.2, 0) is 9.53 Å². The minimum Gasteiger partial charge on any atom is -0.507 e. The Morgan fingerprint density at radius 1 is 1.22 bits per heavy atom. The summed E-state index contributed by atoms with van der Waals surface area (Å²) in [4.78, 5) is 12.0. The van der Waals surface area contributed by atoms with Crippen LogP contribution in [0.2, 0.25) is 0 Å². The summed E-state index contributed by atoms with van der Waals surface area (Å²) < 4.78 is 5.36. The predicted molar refractivity (Wildman–Crippen MR) is 71.8 cm³/mol. The van der Waals surface area contributed by atoms with Crippen LogP contribution in [0, 0.1) is 13.8 Å². The summed E-state index contributed by atoms with van der Waals surface area (Å²) in [7, 11) is 0. The highest BCUT2D eigenvalue weighted by Gasteiger charge is 2.23. The maximum absolute atomic E-state index is 12.0. The molecular formula is C15H22O3. The third-order valence-corrected chi connectivity index (χ3v) is 2.77. The van der Waals surface area contributed by atoms with Gasteiger partial charge in [0.15, 0.2) is 0 Å². The molecule has 1 aromatic rings. The number of phenols is 1. The number of benzene rings is 1. The zero-order valence-electron chi connectivity index (χ0n) is 12.0. The van der Waals surface area contributed by atoms with Crippen molar-refractivity contribution in [2.24, 2.45) is 0 Å². The number of carbonyl (C=O) groups is 1. The second-order valence-corrected chi connectivity index (χ2v) is 5.76. The van der Waals surface area contributed by atoms with Crippen molar-refractivity contribution >= 4 is 5.97 Å². The lowest BCUT2D eigenvalue weighted by molar-refractivity contribution is -0.156. The van der Waals surface area contributed by atoms with Gasteiger partial charge in [0, 0.05) is 0 Å². The second kappa shape index (κ2) is 5.01. The maximum atomic E-state index is 12.0. The van der Waals surface area contributed by atoms with Crippen LogP contribution in [0.25, 0.3) is 0 Å². The first-order valence-electron chi connectivity index (χ1n) is 6.15. The molecule has 0 aliphatic heterocycles. The van der Waals surface area contributed by atoms with Gasteiger partial charge in [0.2, 0.25) is 0 Å². The van der Waals surface area contributed by atoms with Gasteiger partial charge in [-0.15, -0.1) is 0 Å². The zero-order chi connectivity index (χ0) is 14.1. The van der Waals surface area contributed by atoms with Gasteiger partial charge in [0.1, 0.15) is 11.4 Å². The standard InChI is InChI=1S/C15H22O3/c1-9-7-12(8-10(2)13(9)16)11(3)14(17)18-15(4,5)6/h7-8,11,16H,1-6H3. The molecule has 100 valence electrons. The molecule has 1 N–H and O–H groups in total. The lowest BCUT2D eigenvalue weighted by Crippen LogP contribution is -2.26. The monoisotopic (exact) mass is 250 g/mol. The van der Waals surface area contributed by atoms with Crippen molar-refractivity contribution in [1.29, 1.82) is 0 Å². The van der Waals surface area contributed by atoms with Gasteiger partial charge in [-0.25, -0.2) is 0 Å². The summed E-state index contributed by atoms with van der Waals surface area (Å²) in [6.07, 6.45) is 0. The molecule has 0 amide bonds. The van der Waals surface area contributed by atoms with E-state index in [-0.39, 0.29) is 17.6 Å². The number of hydrogen-bond donors (Lipinski definition) is 1. The molecule has 0 heterocycles. The Morgan fingerprint density at radius 3 is 2.06 bits per heavy atom. The molecule has 1 rings (SSSR count). The van der Waals surface area contributed by atoms with Crippen LogP contribution in [0.5, 0.6) is 5.75 Å². The molecule has 1 atom stereocenters. The maximum Gasteiger partial charge on any atom is 0.313 e. The highest BCUT2D eigenvalue weighted by molar-refractivity contribution is 5.78. The first kappa shape index (κ1) is 14.6. The van der Waals surface area contributed by atoms with Crippen LogP contribution >= 0.6 is 0 Å². The Labute approximate surface area is 109 Å². The van der Waals surface area contributed by atoms with Crippen LogP contribution in [0.15, 0.2) is 12.1 Å². The number of carbonyl (C=O) groups excluding carboxylic acids is 1. The number of ether oxygens (including phenoxy) is 1. The Bertz CT molecular complexity index is 432. The average Bonchev–Trinajstić information content (AvgIpc) is 2.21. The first-order chi connectivity index (χ1) is 8.11. The molecule has 1 aromatic carbocycles. The largest absolute Gasteiger partial charge is 0.507 e. The van der Waals surface area contributed by atoms with Gasteiger partial charge >= 0.3 is 5.97 Å². The summed E-state index contributed by atoms with van der Waals surface area (Å²) in [5.74, 6) is -0.288. The van der Waals surface area contributed by atoms with Crippen molar-refractivity contribution in [3.05, 3.63) is 28.8 Å². The van der Waals surface area contributed by atoms with Crippen LogP contribution in [0.4, 0.5) is 0 Å². The number of phenolic OH excluding ortho intramolecular Hbond substituents is 1. The number of aryl methyl sites for hydroxylation is 2. The Kier molecular flexibility index (Phi) is 4.05. The Balaban J connectivity index is 2.97. The van der Waals surface area contributed by atoms with Crippen molar-refractivity contribution in [2.45, 2.75) is 53.1 Å². The fraction of sp³-hybridized carbons (Fsp3) is 0.533. The molecule has 0 saturated heterocycles. The topological polar surface area (TPSA) is 46.5 Å². The fourth-order valence-corrected chi connectivity index (χ4v) is 1.77. The van der Waals surface area contributed by atoms with E-state index in [4.69, 9.17) is 4.74 Å². The molecule has 3 nitrogen and oxygen atoms in total. The molecule has 0 aliphatic rings. The minimum absolute atomic E-state index is 0.244. The van der Waals surface area contributed by atoms with Gasteiger partial charge < -0.3 is 9.84 Å². The number of hydrogen-bond acceptors (Lipinski definition) is 3. The molecule has 0 aliphatic carbocycles. The van der Waals surface area contributed by atoms with E-state index in [1.165, 1.54) is 0 Å². The highest BCUT2D eigenvalue weighted by atomic mass is 16.6. The summed E-state index contributed by atoms with van der Waals surface area (Å²) in [5.41, 5.74) is 1.95. The van der Waals surface area contributed by atoms with Gasteiger partial charge in [-0.05, 0) is 58.2 Å². The van der Waals surface area contributed by atoms with Crippen LogP contribution in [0.3, 0.4) is 0 Å². The predicted octanol–water partition coefficient (Wildman–Crippen LogP) is 3.45. The van der Waals surface area contributed by atoms with E-state index in [1.807, 2.05) is 53.7 Å². The SMILES string of the molecule is Cc1cc(C(C)C(=O)OC(C)(C)C)cc(C)c1O. The third kappa shape index (κ3) is 3.49. The number of aromatic hydroxyl groups is 1. The van der Waals surface area contributed by atoms with Gasteiger partial charge in [-0.3, -0.25) is 4.79 Å². The van der Waals surface area contributed by atoms with E-state index in [1.54, 1.807) is 0 Å². The summed E-state index contributed by atoms with van der Waals surface area (Å²) >= 11 is 0. The van der Waals surface area contributed by atoms with Crippen molar-refractivity contribution in [3.8, 4) is 5.75 Å². The summed E-state index contributed by atoms with van der Waals surface area (Å²) in [5, 5.41) is 9.72. The molecular weight excluding hydrogens is 228 g/mol. The van der Waals surface area contributed by atoms with Crippen molar-refractivity contribution in [1.82, 2.24) is 0 Å². The fourth-order valence-electron chi connectivity index (χ4n) is 1.77.